The van der Waals surface area contributed by atoms with Crippen LogP contribution in [0.2, 0.25) is 0 Å². The van der Waals surface area contributed by atoms with Gasteiger partial charge in [-0.1, -0.05) is 30.3 Å². The molecule has 0 fully saturated rings. The Kier molecular flexibility index (Phi) is 2.78. The third-order valence-electron chi connectivity index (χ3n) is 1.95. The van der Waals surface area contributed by atoms with Crippen LogP contribution in [0.15, 0.2) is 35.7 Å². The summed E-state index contributed by atoms with van der Waals surface area (Å²) in [6, 6.07) is 9.88. The molecule has 0 aliphatic heterocycles. The molecule has 1 amide bonds. The first-order valence-corrected chi connectivity index (χ1v) is 5.38. The highest BCUT2D eigenvalue weighted by atomic mass is 32.1. The maximum atomic E-state index is 10.9. The fraction of sp³-hybridized carbons (Fsp3) is 0.0909. The van der Waals surface area contributed by atoms with Crippen LogP contribution in [0.25, 0.3) is 11.1 Å². The molecule has 0 aliphatic rings. The van der Waals surface area contributed by atoms with E-state index in [0.717, 1.165) is 11.1 Å². The van der Waals surface area contributed by atoms with E-state index in [4.69, 9.17) is 0 Å². The minimum Gasteiger partial charge on any atom is -0.310 e. The van der Waals surface area contributed by atoms with Crippen LogP contribution in [0, 0.1) is 0 Å². The average molecular weight is 218 g/mol. The van der Waals surface area contributed by atoms with E-state index in [2.05, 4.69) is 9.69 Å². The fourth-order valence-electron chi connectivity index (χ4n) is 1.32. The van der Waals surface area contributed by atoms with Gasteiger partial charge in [-0.05, 0) is 17.1 Å². The maximum Gasteiger partial charge on any atom is 0.222 e. The standard InChI is InChI=1S/C11H10N2OS/c1-8(14)12-11-10(7-15-13-11)9-5-3-2-4-6-9/h2-7H,1H3,(H,12,13,14). The Morgan fingerprint density at radius 3 is 2.73 bits per heavy atom. The second-order valence-corrected chi connectivity index (χ2v) is 3.75. The predicted octanol–water partition coefficient (Wildman–Crippen LogP) is 2.77. The summed E-state index contributed by atoms with van der Waals surface area (Å²) in [6.07, 6.45) is 0. The average Bonchev–Trinajstić information content (AvgIpc) is 2.66. The minimum absolute atomic E-state index is 0.0990. The van der Waals surface area contributed by atoms with Crippen LogP contribution in [-0.4, -0.2) is 10.3 Å². The zero-order chi connectivity index (χ0) is 10.7. The van der Waals surface area contributed by atoms with E-state index in [1.54, 1.807) is 0 Å². The molecule has 3 nitrogen and oxygen atoms in total. The van der Waals surface area contributed by atoms with Crippen molar-refractivity contribution in [2.75, 3.05) is 5.32 Å². The quantitative estimate of drug-likeness (QED) is 0.842. The molecular formula is C11H10N2OS. The Bertz CT molecular complexity index is 464. The van der Waals surface area contributed by atoms with Crippen molar-refractivity contribution in [3.8, 4) is 11.1 Å². The lowest BCUT2D eigenvalue weighted by atomic mass is 10.1. The van der Waals surface area contributed by atoms with E-state index in [9.17, 15) is 4.79 Å². The molecule has 2 rings (SSSR count). The molecule has 0 spiro atoms. The molecule has 76 valence electrons. The van der Waals surface area contributed by atoms with E-state index in [1.165, 1.54) is 18.5 Å². The molecule has 0 unspecified atom stereocenters. The number of nitrogens with one attached hydrogen (secondary N) is 1. The van der Waals surface area contributed by atoms with Crippen LogP contribution in [0.3, 0.4) is 0 Å². The highest BCUT2D eigenvalue weighted by Gasteiger charge is 2.08. The van der Waals surface area contributed by atoms with Crippen LogP contribution >= 0.6 is 11.5 Å². The maximum absolute atomic E-state index is 10.9. The number of aromatic nitrogens is 1. The van der Waals surface area contributed by atoms with E-state index in [-0.39, 0.29) is 5.91 Å². The van der Waals surface area contributed by atoms with Gasteiger partial charge in [-0.25, -0.2) is 0 Å². The summed E-state index contributed by atoms with van der Waals surface area (Å²) in [5.74, 6) is 0.539. The largest absolute Gasteiger partial charge is 0.310 e. The van der Waals surface area contributed by atoms with Gasteiger partial charge >= 0.3 is 0 Å². The zero-order valence-electron chi connectivity index (χ0n) is 8.23. The summed E-state index contributed by atoms with van der Waals surface area (Å²) >= 11 is 1.34. The number of hydrogen-bond acceptors (Lipinski definition) is 3. The molecule has 1 N–H and O–H groups in total. The Morgan fingerprint density at radius 1 is 1.33 bits per heavy atom. The Hall–Kier alpha value is -1.68. The number of carbonyl (C=O) groups is 1. The normalized spacial score (nSPS) is 9.93. The minimum atomic E-state index is -0.0990. The fourth-order valence-corrected chi connectivity index (χ4v) is 1.97. The SMILES string of the molecule is CC(=O)Nc1nscc1-c1ccccc1. The zero-order valence-corrected chi connectivity index (χ0v) is 9.04. The molecule has 0 aliphatic carbocycles. The van der Waals surface area contributed by atoms with Gasteiger partial charge < -0.3 is 5.32 Å². The van der Waals surface area contributed by atoms with Crippen molar-refractivity contribution in [2.45, 2.75) is 6.92 Å². The number of benzene rings is 1. The summed E-state index contributed by atoms with van der Waals surface area (Å²) in [4.78, 5) is 10.9. The predicted molar refractivity (Wildman–Crippen MR) is 61.9 cm³/mol. The molecule has 1 heterocycles. The van der Waals surface area contributed by atoms with Crippen LogP contribution in [-0.2, 0) is 4.79 Å². The van der Waals surface area contributed by atoms with E-state index < -0.39 is 0 Å². The van der Waals surface area contributed by atoms with Gasteiger partial charge in [-0.2, -0.15) is 4.37 Å². The Labute approximate surface area is 91.9 Å². The topological polar surface area (TPSA) is 42.0 Å². The summed E-state index contributed by atoms with van der Waals surface area (Å²) in [6.45, 7) is 1.48. The van der Waals surface area contributed by atoms with Crippen LogP contribution in [0.4, 0.5) is 5.82 Å². The number of carbonyl (C=O) groups excluding carboxylic acids is 1. The third kappa shape index (κ3) is 2.22. The summed E-state index contributed by atoms with van der Waals surface area (Å²) in [5.41, 5.74) is 2.03. The van der Waals surface area contributed by atoms with E-state index >= 15 is 0 Å². The molecule has 0 saturated heterocycles. The molecule has 1 aromatic heterocycles. The van der Waals surface area contributed by atoms with Gasteiger partial charge in [0.1, 0.15) is 0 Å². The van der Waals surface area contributed by atoms with Crippen molar-refractivity contribution < 1.29 is 4.79 Å². The van der Waals surface area contributed by atoms with Crippen molar-refractivity contribution in [1.82, 2.24) is 4.37 Å². The molecule has 0 radical (unpaired) electrons. The lowest BCUT2D eigenvalue weighted by molar-refractivity contribution is -0.114. The number of hydrogen-bond donors (Lipinski definition) is 1. The first-order valence-electron chi connectivity index (χ1n) is 4.55. The number of anilines is 1. The molecule has 1 aromatic carbocycles. The highest BCUT2D eigenvalue weighted by Crippen LogP contribution is 2.28. The lowest BCUT2D eigenvalue weighted by Gasteiger charge is -2.02. The van der Waals surface area contributed by atoms with Crippen molar-refractivity contribution in [2.24, 2.45) is 0 Å². The van der Waals surface area contributed by atoms with Crippen molar-refractivity contribution in [3.05, 3.63) is 35.7 Å². The molecule has 15 heavy (non-hydrogen) atoms. The van der Waals surface area contributed by atoms with E-state index in [0.29, 0.717) is 5.82 Å². The van der Waals surface area contributed by atoms with Crippen LogP contribution < -0.4 is 5.32 Å². The number of rotatable bonds is 2. The number of nitrogens with zero attached hydrogens (tertiary/aromatic N) is 1. The first kappa shape index (κ1) is 9.86. The van der Waals surface area contributed by atoms with Gasteiger partial charge in [0.15, 0.2) is 5.82 Å². The molecule has 0 bridgehead atoms. The summed E-state index contributed by atoms with van der Waals surface area (Å²) in [7, 11) is 0. The second-order valence-electron chi connectivity index (χ2n) is 3.12. The smallest absolute Gasteiger partial charge is 0.222 e. The molecular weight excluding hydrogens is 208 g/mol. The van der Waals surface area contributed by atoms with Crippen molar-refractivity contribution in [1.29, 1.82) is 0 Å². The first-order chi connectivity index (χ1) is 7.27. The van der Waals surface area contributed by atoms with Gasteiger partial charge in [-0.3, -0.25) is 4.79 Å². The number of amides is 1. The van der Waals surface area contributed by atoms with Gasteiger partial charge in [0.2, 0.25) is 5.91 Å². The second kappa shape index (κ2) is 4.23. The van der Waals surface area contributed by atoms with Gasteiger partial charge in [0.25, 0.3) is 0 Å². The third-order valence-corrected chi connectivity index (χ3v) is 2.58. The van der Waals surface area contributed by atoms with Crippen molar-refractivity contribution >= 4 is 23.3 Å². The highest BCUT2D eigenvalue weighted by molar-refractivity contribution is 7.04. The Balaban J connectivity index is 2.37. The molecule has 0 saturated carbocycles. The van der Waals surface area contributed by atoms with Crippen LogP contribution in [0.1, 0.15) is 6.92 Å². The molecule has 0 atom stereocenters. The molecule has 2 aromatic rings. The van der Waals surface area contributed by atoms with Gasteiger partial charge in [0.05, 0.1) is 0 Å². The molecule has 4 heteroatoms. The lowest BCUT2D eigenvalue weighted by Crippen LogP contribution is -2.06. The summed E-state index contributed by atoms with van der Waals surface area (Å²) < 4.78 is 4.14. The van der Waals surface area contributed by atoms with Crippen LogP contribution in [0.5, 0.6) is 0 Å². The monoisotopic (exact) mass is 218 g/mol. The van der Waals surface area contributed by atoms with Gasteiger partial charge in [-0.15, -0.1) is 0 Å². The van der Waals surface area contributed by atoms with Gasteiger partial charge in [0, 0.05) is 17.9 Å². The summed E-state index contributed by atoms with van der Waals surface area (Å²) in [5, 5.41) is 4.64. The van der Waals surface area contributed by atoms with E-state index in [1.807, 2.05) is 35.7 Å². The van der Waals surface area contributed by atoms with Crippen molar-refractivity contribution in [3.63, 3.8) is 0 Å². The Morgan fingerprint density at radius 2 is 2.07 bits per heavy atom.